The summed E-state index contributed by atoms with van der Waals surface area (Å²) in [6.45, 7) is 2.72. The molecule has 24 heavy (non-hydrogen) atoms. The van der Waals surface area contributed by atoms with E-state index in [0.717, 1.165) is 17.7 Å². The molecule has 0 heterocycles. The first kappa shape index (κ1) is 17.6. The maximum Gasteiger partial charge on any atom is 0.185 e. The summed E-state index contributed by atoms with van der Waals surface area (Å²) in [5, 5.41) is 0. The van der Waals surface area contributed by atoms with Crippen molar-refractivity contribution in [3.63, 3.8) is 0 Å². The molecule has 0 saturated carbocycles. The van der Waals surface area contributed by atoms with Crippen LogP contribution in [0, 0.1) is 0 Å². The third kappa shape index (κ3) is 4.62. The first-order chi connectivity index (χ1) is 11.7. The molecule has 0 aliphatic heterocycles. The minimum Gasteiger partial charge on any atom is -0.497 e. The fourth-order valence-electron chi connectivity index (χ4n) is 2.15. The second-order valence-corrected chi connectivity index (χ2v) is 5.18. The van der Waals surface area contributed by atoms with Gasteiger partial charge in [0.2, 0.25) is 0 Å². The van der Waals surface area contributed by atoms with Crippen LogP contribution in [0.5, 0.6) is 17.2 Å². The zero-order valence-corrected chi connectivity index (χ0v) is 14.2. The van der Waals surface area contributed by atoms with Gasteiger partial charge in [0.05, 0.1) is 20.8 Å². The van der Waals surface area contributed by atoms with E-state index in [0.29, 0.717) is 23.7 Å². The van der Waals surface area contributed by atoms with Crippen molar-refractivity contribution in [3.05, 3.63) is 59.7 Å². The Kier molecular flexibility index (Phi) is 6.43. The van der Waals surface area contributed by atoms with Gasteiger partial charge in [0.25, 0.3) is 0 Å². The van der Waals surface area contributed by atoms with E-state index in [2.05, 4.69) is 6.92 Å². The van der Waals surface area contributed by atoms with E-state index in [4.69, 9.17) is 14.2 Å². The summed E-state index contributed by atoms with van der Waals surface area (Å²) in [6, 6.07) is 12.6. The minimum atomic E-state index is -0.0742. The molecule has 126 valence electrons. The first-order valence-corrected chi connectivity index (χ1v) is 7.85. The van der Waals surface area contributed by atoms with Crippen LogP contribution in [-0.4, -0.2) is 26.6 Å². The van der Waals surface area contributed by atoms with Crippen molar-refractivity contribution in [2.75, 3.05) is 20.8 Å². The maximum absolute atomic E-state index is 12.3. The summed E-state index contributed by atoms with van der Waals surface area (Å²) in [6.07, 6.45) is 4.22. The number of methoxy groups -OCH3 is 2. The highest BCUT2D eigenvalue weighted by atomic mass is 16.5. The Morgan fingerprint density at radius 1 is 1.00 bits per heavy atom. The van der Waals surface area contributed by atoms with Gasteiger partial charge in [0.1, 0.15) is 17.2 Å². The number of hydrogen-bond donors (Lipinski definition) is 0. The fourth-order valence-corrected chi connectivity index (χ4v) is 2.15. The van der Waals surface area contributed by atoms with Crippen LogP contribution in [0.1, 0.15) is 29.3 Å². The van der Waals surface area contributed by atoms with E-state index in [9.17, 15) is 4.79 Å². The number of carbonyl (C=O) groups is 1. The van der Waals surface area contributed by atoms with Crippen molar-refractivity contribution in [3.8, 4) is 17.2 Å². The Labute approximate surface area is 142 Å². The van der Waals surface area contributed by atoms with Gasteiger partial charge in [0.15, 0.2) is 5.78 Å². The zero-order chi connectivity index (χ0) is 17.4. The molecule has 0 fully saturated rings. The van der Waals surface area contributed by atoms with Gasteiger partial charge in [-0.15, -0.1) is 0 Å². The third-order valence-corrected chi connectivity index (χ3v) is 3.47. The van der Waals surface area contributed by atoms with Gasteiger partial charge in [-0.05, 0) is 55.0 Å². The fraction of sp³-hybridized carbons (Fsp3) is 0.250. The van der Waals surface area contributed by atoms with E-state index in [1.165, 1.54) is 6.08 Å². The summed E-state index contributed by atoms with van der Waals surface area (Å²) in [5.74, 6) is 2.06. The largest absolute Gasteiger partial charge is 0.497 e. The highest BCUT2D eigenvalue weighted by molar-refractivity contribution is 6.07. The lowest BCUT2D eigenvalue weighted by molar-refractivity contribution is 0.104. The number of benzene rings is 2. The molecule has 0 spiro atoms. The Morgan fingerprint density at radius 2 is 1.71 bits per heavy atom. The SMILES string of the molecule is CCCOc1ccc(C(=O)C=Cc2ccc(OC)cc2OC)cc1. The molecule has 0 aliphatic rings. The average molecular weight is 326 g/mol. The van der Waals surface area contributed by atoms with Crippen molar-refractivity contribution in [2.24, 2.45) is 0 Å². The number of ether oxygens (including phenoxy) is 3. The van der Waals surface area contributed by atoms with Gasteiger partial charge in [-0.1, -0.05) is 6.92 Å². The van der Waals surface area contributed by atoms with Crippen LogP contribution in [-0.2, 0) is 0 Å². The lowest BCUT2D eigenvalue weighted by Gasteiger charge is -2.07. The van der Waals surface area contributed by atoms with Gasteiger partial charge >= 0.3 is 0 Å². The molecule has 0 aromatic heterocycles. The van der Waals surface area contributed by atoms with Crippen molar-refractivity contribution in [1.82, 2.24) is 0 Å². The van der Waals surface area contributed by atoms with Gasteiger partial charge in [-0.3, -0.25) is 4.79 Å². The Morgan fingerprint density at radius 3 is 2.33 bits per heavy atom. The van der Waals surface area contributed by atoms with Gasteiger partial charge in [0, 0.05) is 17.2 Å². The molecule has 0 bridgehead atoms. The molecule has 0 unspecified atom stereocenters. The Balaban J connectivity index is 2.10. The van der Waals surface area contributed by atoms with E-state index >= 15 is 0 Å². The normalized spacial score (nSPS) is 10.6. The third-order valence-electron chi connectivity index (χ3n) is 3.47. The van der Waals surface area contributed by atoms with Gasteiger partial charge in [-0.25, -0.2) is 0 Å². The number of allylic oxidation sites excluding steroid dienone is 1. The summed E-state index contributed by atoms with van der Waals surface area (Å²) in [4.78, 5) is 12.3. The van der Waals surface area contributed by atoms with E-state index in [1.54, 1.807) is 38.5 Å². The first-order valence-electron chi connectivity index (χ1n) is 7.85. The summed E-state index contributed by atoms with van der Waals surface area (Å²) in [7, 11) is 3.19. The average Bonchev–Trinajstić information content (AvgIpc) is 2.64. The van der Waals surface area contributed by atoms with Crippen LogP contribution in [0.2, 0.25) is 0 Å². The van der Waals surface area contributed by atoms with Crippen LogP contribution in [0.4, 0.5) is 0 Å². The van der Waals surface area contributed by atoms with Gasteiger partial charge in [-0.2, -0.15) is 0 Å². The number of hydrogen-bond acceptors (Lipinski definition) is 4. The number of ketones is 1. The van der Waals surface area contributed by atoms with E-state index in [1.807, 2.05) is 24.3 Å². The van der Waals surface area contributed by atoms with Crippen LogP contribution in [0.15, 0.2) is 48.5 Å². The van der Waals surface area contributed by atoms with Crippen molar-refractivity contribution in [1.29, 1.82) is 0 Å². The molecule has 2 rings (SSSR count). The molecule has 0 saturated heterocycles. The van der Waals surface area contributed by atoms with E-state index in [-0.39, 0.29) is 5.78 Å². The highest BCUT2D eigenvalue weighted by Gasteiger charge is 2.05. The topological polar surface area (TPSA) is 44.8 Å². The lowest BCUT2D eigenvalue weighted by atomic mass is 10.1. The molecule has 0 atom stereocenters. The molecule has 0 N–H and O–H groups in total. The van der Waals surface area contributed by atoms with Crippen LogP contribution < -0.4 is 14.2 Å². The van der Waals surface area contributed by atoms with Gasteiger partial charge < -0.3 is 14.2 Å². The molecule has 0 amide bonds. The minimum absolute atomic E-state index is 0.0742. The molecule has 2 aromatic rings. The maximum atomic E-state index is 12.3. The predicted octanol–water partition coefficient (Wildman–Crippen LogP) is 4.39. The summed E-state index contributed by atoms with van der Waals surface area (Å²) in [5.41, 5.74) is 1.43. The molecular weight excluding hydrogens is 304 g/mol. The zero-order valence-electron chi connectivity index (χ0n) is 14.2. The Hall–Kier alpha value is -2.75. The van der Waals surface area contributed by atoms with Crippen LogP contribution in [0.3, 0.4) is 0 Å². The van der Waals surface area contributed by atoms with Crippen molar-refractivity contribution in [2.45, 2.75) is 13.3 Å². The summed E-state index contributed by atoms with van der Waals surface area (Å²) >= 11 is 0. The summed E-state index contributed by atoms with van der Waals surface area (Å²) < 4.78 is 16.0. The van der Waals surface area contributed by atoms with Crippen LogP contribution in [0.25, 0.3) is 6.08 Å². The molecule has 0 aliphatic carbocycles. The molecule has 4 heteroatoms. The standard InChI is InChI=1S/C20H22O4/c1-4-13-24-17-9-5-15(6-10-17)19(21)12-8-16-7-11-18(22-2)14-20(16)23-3/h5-12,14H,4,13H2,1-3H3. The predicted molar refractivity (Wildman–Crippen MR) is 95.1 cm³/mol. The van der Waals surface area contributed by atoms with Crippen molar-refractivity contribution < 1.29 is 19.0 Å². The molecule has 4 nitrogen and oxygen atoms in total. The molecular formula is C20H22O4. The smallest absolute Gasteiger partial charge is 0.185 e. The number of carbonyl (C=O) groups excluding carboxylic acids is 1. The second kappa shape index (κ2) is 8.77. The quantitative estimate of drug-likeness (QED) is 0.533. The highest BCUT2D eigenvalue weighted by Crippen LogP contribution is 2.25. The monoisotopic (exact) mass is 326 g/mol. The van der Waals surface area contributed by atoms with Crippen LogP contribution >= 0.6 is 0 Å². The van der Waals surface area contributed by atoms with Crippen molar-refractivity contribution >= 4 is 11.9 Å². The number of rotatable bonds is 8. The second-order valence-electron chi connectivity index (χ2n) is 5.18. The Bertz CT molecular complexity index is 702. The molecule has 0 radical (unpaired) electrons. The lowest BCUT2D eigenvalue weighted by Crippen LogP contribution is -1.97. The van der Waals surface area contributed by atoms with E-state index < -0.39 is 0 Å². The molecule has 2 aromatic carbocycles.